The second kappa shape index (κ2) is 7.01. The second-order valence-electron chi connectivity index (χ2n) is 4.37. The highest BCUT2D eigenvalue weighted by molar-refractivity contribution is 5.64. The van der Waals surface area contributed by atoms with Crippen LogP contribution in [0.3, 0.4) is 0 Å². The fourth-order valence-electron chi connectivity index (χ4n) is 1.82. The van der Waals surface area contributed by atoms with E-state index in [9.17, 15) is 8.78 Å². The Bertz CT molecular complexity index is 765. The minimum absolute atomic E-state index is 0.0377. The molecule has 2 rings (SSSR count). The van der Waals surface area contributed by atoms with Crippen molar-refractivity contribution in [3.05, 3.63) is 70.8 Å². The summed E-state index contributed by atoms with van der Waals surface area (Å²) < 4.78 is 31.6. The first kappa shape index (κ1) is 15.2. The van der Waals surface area contributed by atoms with Crippen molar-refractivity contribution >= 4 is 6.08 Å². The van der Waals surface area contributed by atoms with E-state index >= 15 is 0 Å². The highest BCUT2D eigenvalue weighted by Crippen LogP contribution is 2.19. The lowest BCUT2D eigenvalue weighted by atomic mass is 10.1. The molecule has 0 saturated heterocycles. The number of halogens is 2. The van der Waals surface area contributed by atoms with E-state index in [1.165, 1.54) is 6.08 Å². The molecule has 0 amide bonds. The predicted octanol–water partition coefficient (Wildman–Crippen LogP) is 3.97. The highest BCUT2D eigenvalue weighted by Gasteiger charge is 2.05. The maximum atomic E-state index is 13.1. The molecule has 0 N–H and O–H groups in total. The molecule has 2 aromatic carbocycles. The molecule has 0 aliphatic heterocycles. The Kier molecular flexibility index (Phi) is 4.85. The van der Waals surface area contributed by atoms with E-state index in [0.29, 0.717) is 11.1 Å². The minimum Gasteiger partial charge on any atom is -0.489 e. The third-order valence-corrected chi connectivity index (χ3v) is 2.83. The summed E-state index contributed by atoms with van der Waals surface area (Å²) in [5, 5.41) is 17.6. The summed E-state index contributed by atoms with van der Waals surface area (Å²) in [7, 11) is 0. The van der Waals surface area contributed by atoms with Crippen LogP contribution in [0.4, 0.5) is 8.78 Å². The molecule has 0 saturated carbocycles. The molecule has 0 unspecified atom stereocenters. The maximum Gasteiger partial charge on any atom is 0.130 e. The van der Waals surface area contributed by atoms with Crippen LogP contribution in [-0.4, -0.2) is 0 Å². The molecule has 3 nitrogen and oxygen atoms in total. The standard InChI is InChI=1S/C17H10F2N2O/c18-15-6-16(19)8-17(7-15)22-11-14-4-2-1-3-13(14)5-12(9-20)10-21/h1-8H,11H2. The van der Waals surface area contributed by atoms with Crippen LogP contribution in [0.15, 0.2) is 48.0 Å². The normalized spacial score (nSPS) is 9.45. The van der Waals surface area contributed by atoms with Gasteiger partial charge in [0.1, 0.15) is 41.7 Å². The number of nitrogens with zero attached hydrogens (tertiary/aromatic N) is 2. The summed E-state index contributed by atoms with van der Waals surface area (Å²) in [6, 6.07) is 13.5. The van der Waals surface area contributed by atoms with Gasteiger partial charge < -0.3 is 4.74 Å². The lowest BCUT2D eigenvalue weighted by Gasteiger charge is -2.09. The van der Waals surface area contributed by atoms with Crippen LogP contribution in [0.1, 0.15) is 11.1 Å². The fraction of sp³-hybridized carbons (Fsp3) is 0.0588. The van der Waals surface area contributed by atoms with Crippen molar-refractivity contribution in [1.82, 2.24) is 0 Å². The number of hydrogen-bond donors (Lipinski definition) is 0. The fourth-order valence-corrected chi connectivity index (χ4v) is 1.82. The van der Waals surface area contributed by atoms with Crippen LogP contribution in [-0.2, 0) is 6.61 Å². The zero-order chi connectivity index (χ0) is 15.9. The molecular weight excluding hydrogens is 286 g/mol. The van der Waals surface area contributed by atoms with Gasteiger partial charge in [0.25, 0.3) is 0 Å². The smallest absolute Gasteiger partial charge is 0.130 e. The van der Waals surface area contributed by atoms with Crippen LogP contribution in [0.2, 0.25) is 0 Å². The van der Waals surface area contributed by atoms with Crippen LogP contribution < -0.4 is 4.74 Å². The van der Waals surface area contributed by atoms with Gasteiger partial charge in [0, 0.05) is 18.2 Å². The molecule has 0 heterocycles. The molecule has 0 radical (unpaired) electrons. The van der Waals surface area contributed by atoms with Gasteiger partial charge >= 0.3 is 0 Å². The average molecular weight is 296 g/mol. The first-order chi connectivity index (χ1) is 10.6. The molecule has 0 aromatic heterocycles. The van der Waals surface area contributed by atoms with E-state index in [1.807, 2.05) is 0 Å². The Labute approximate surface area is 126 Å². The van der Waals surface area contributed by atoms with Gasteiger partial charge in [0.05, 0.1) is 0 Å². The lowest BCUT2D eigenvalue weighted by molar-refractivity contribution is 0.302. The maximum absolute atomic E-state index is 13.1. The molecule has 0 bridgehead atoms. The number of allylic oxidation sites excluding steroid dienone is 1. The quantitative estimate of drug-likeness (QED) is 0.802. The van der Waals surface area contributed by atoms with Crippen molar-refractivity contribution in [2.24, 2.45) is 0 Å². The minimum atomic E-state index is -0.723. The highest BCUT2D eigenvalue weighted by atomic mass is 19.1. The van der Waals surface area contributed by atoms with Crippen LogP contribution >= 0.6 is 0 Å². The average Bonchev–Trinajstić information content (AvgIpc) is 2.50. The largest absolute Gasteiger partial charge is 0.489 e. The summed E-state index contributed by atoms with van der Waals surface area (Å²) in [6.45, 7) is 0.0553. The van der Waals surface area contributed by atoms with Gasteiger partial charge in [0.15, 0.2) is 0 Å². The molecule has 0 aliphatic carbocycles. The summed E-state index contributed by atoms with van der Waals surface area (Å²) in [5.41, 5.74) is 1.29. The second-order valence-corrected chi connectivity index (χ2v) is 4.37. The number of rotatable bonds is 4. The predicted molar refractivity (Wildman–Crippen MR) is 76.3 cm³/mol. The number of nitriles is 2. The van der Waals surface area contributed by atoms with Gasteiger partial charge in [-0.25, -0.2) is 8.78 Å². The van der Waals surface area contributed by atoms with E-state index < -0.39 is 11.6 Å². The third kappa shape index (κ3) is 3.91. The SMILES string of the molecule is N#CC(C#N)=Cc1ccccc1COc1cc(F)cc(F)c1. The van der Waals surface area contributed by atoms with Crippen LogP contribution in [0, 0.1) is 34.3 Å². The third-order valence-electron chi connectivity index (χ3n) is 2.83. The number of benzene rings is 2. The molecule has 0 aliphatic rings. The molecule has 2 aromatic rings. The summed E-state index contributed by atoms with van der Waals surface area (Å²) in [4.78, 5) is 0. The topological polar surface area (TPSA) is 56.8 Å². The monoisotopic (exact) mass is 296 g/mol. The van der Waals surface area contributed by atoms with Gasteiger partial charge in [-0.15, -0.1) is 0 Å². The Hall–Kier alpha value is -3.18. The molecule has 22 heavy (non-hydrogen) atoms. The Morgan fingerprint density at radius 2 is 1.68 bits per heavy atom. The van der Waals surface area contributed by atoms with Crippen molar-refractivity contribution in [2.75, 3.05) is 0 Å². The first-order valence-corrected chi connectivity index (χ1v) is 6.31. The van der Waals surface area contributed by atoms with Crippen molar-refractivity contribution in [1.29, 1.82) is 10.5 Å². The van der Waals surface area contributed by atoms with E-state index in [4.69, 9.17) is 15.3 Å². The molecule has 0 atom stereocenters. The van der Waals surface area contributed by atoms with Gasteiger partial charge in [-0.05, 0) is 17.2 Å². The van der Waals surface area contributed by atoms with Crippen molar-refractivity contribution in [3.63, 3.8) is 0 Å². The summed E-state index contributed by atoms with van der Waals surface area (Å²) in [5.74, 6) is -1.38. The molecule has 0 spiro atoms. The van der Waals surface area contributed by atoms with Crippen molar-refractivity contribution in [3.8, 4) is 17.9 Å². The molecule has 5 heteroatoms. The van der Waals surface area contributed by atoms with Crippen LogP contribution in [0.25, 0.3) is 6.08 Å². The Balaban J connectivity index is 2.22. The van der Waals surface area contributed by atoms with Gasteiger partial charge in [-0.2, -0.15) is 10.5 Å². The van der Waals surface area contributed by atoms with Crippen molar-refractivity contribution in [2.45, 2.75) is 6.61 Å². The Morgan fingerprint density at radius 1 is 1.05 bits per heavy atom. The first-order valence-electron chi connectivity index (χ1n) is 6.31. The van der Waals surface area contributed by atoms with Gasteiger partial charge in [-0.1, -0.05) is 24.3 Å². The van der Waals surface area contributed by atoms with Gasteiger partial charge in [-0.3, -0.25) is 0 Å². The molecular formula is C17H10F2N2O. The number of ether oxygens (including phenoxy) is 1. The van der Waals surface area contributed by atoms with E-state index in [0.717, 1.165) is 18.2 Å². The van der Waals surface area contributed by atoms with E-state index in [1.54, 1.807) is 36.4 Å². The Morgan fingerprint density at radius 3 is 2.32 bits per heavy atom. The molecule has 108 valence electrons. The van der Waals surface area contributed by atoms with Crippen LogP contribution in [0.5, 0.6) is 5.75 Å². The summed E-state index contributed by atoms with van der Waals surface area (Å²) in [6.07, 6.45) is 1.44. The van der Waals surface area contributed by atoms with E-state index in [2.05, 4.69) is 0 Å². The zero-order valence-corrected chi connectivity index (χ0v) is 11.4. The van der Waals surface area contributed by atoms with Crippen molar-refractivity contribution < 1.29 is 13.5 Å². The lowest BCUT2D eigenvalue weighted by Crippen LogP contribution is -1.99. The zero-order valence-electron chi connectivity index (χ0n) is 11.4. The van der Waals surface area contributed by atoms with E-state index in [-0.39, 0.29) is 17.9 Å². The summed E-state index contributed by atoms with van der Waals surface area (Å²) >= 11 is 0. The molecule has 0 fully saturated rings. The van der Waals surface area contributed by atoms with Gasteiger partial charge in [0.2, 0.25) is 0 Å². The number of hydrogen-bond acceptors (Lipinski definition) is 3.